The maximum atomic E-state index is 11.4. The van der Waals surface area contributed by atoms with Crippen molar-refractivity contribution in [2.75, 3.05) is 6.61 Å². The van der Waals surface area contributed by atoms with Gasteiger partial charge in [0.25, 0.3) is 0 Å². The summed E-state index contributed by atoms with van der Waals surface area (Å²) in [4.78, 5) is 15.6. The normalized spacial score (nSPS) is 11.1. The predicted molar refractivity (Wildman–Crippen MR) is 93.1 cm³/mol. The molecular weight excluding hydrogens is 394 g/mol. The third kappa shape index (κ3) is 4.88. The second kappa shape index (κ2) is 8.57. The number of thioether (sulfide) groups is 1. The summed E-state index contributed by atoms with van der Waals surface area (Å²) in [6, 6.07) is 5.20. The molecule has 0 aliphatic rings. The van der Waals surface area contributed by atoms with Crippen LogP contribution in [-0.4, -0.2) is 27.8 Å². The molecule has 0 spiro atoms. The van der Waals surface area contributed by atoms with Gasteiger partial charge in [-0.1, -0.05) is 28.8 Å². The molecule has 124 valence electrons. The van der Waals surface area contributed by atoms with Crippen molar-refractivity contribution in [3.05, 3.63) is 39.0 Å². The number of aromatic amines is 1. The van der Waals surface area contributed by atoms with E-state index in [0.717, 1.165) is 16.2 Å². The Morgan fingerprint density at radius 3 is 3.00 bits per heavy atom. The summed E-state index contributed by atoms with van der Waals surface area (Å²) >= 11 is 4.25. The van der Waals surface area contributed by atoms with Gasteiger partial charge in [0.1, 0.15) is 18.2 Å². The van der Waals surface area contributed by atoms with Gasteiger partial charge >= 0.3 is 0 Å². The molecule has 2 rings (SSSR count). The molecule has 1 aromatic carbocycles. The highest BCUT2D eigenvalue weighted by molar-refractivity contribution is 9.10. The van der Waals surface area contributed by atoms with E-state index in [9.17, 15) is 9.90 Å². The van der Waals surface area contributed by atoms with E-state index in [2.05, 4.69) is 37.0 Å². The van der Waals surface area contributed by atoms with Gasteiger partial charge in [0.15, 0.2) is 0 Å². The summed E-state index contributed by atoms with van der Waals surface area (Å²) in [5.41, 5.74) is 0.553. The molecule has 24 heavy (non-hydrogen) atoms. The Morgan fingerprint density at radius 1 is 1.58 bits per heavy atom. The summed E-state index contributed by atoms with van der Waals surface area (Å²) in [6.07, 6.45) is 7.31. The Morgan fingerprint density at radius 2 is 2.38 bits per heavy atom. The minimum absolute atomic E-state index is 0.0414. The molecule has 0 radical (unpaired) electrons. The van der Waals surface area contributed by atoms with E-state index in [1.807, 2.05) is 6.92 Å². The number of ether oxygens (including phenoxy) is 1. The Kier molecular flexibility index (Phi) is 6.46. The van der Waals surface area contributed by atoms with Crippen LogP contribution in [0.4, 0.5) is 0 Å². The van der Waals surface area contributed by atoms with Crippen molar-refractivity contribution >= 4 is 39.7 Å². The zero-order valence-corrected chi connectivity index (χ0v) is 15.1. The fourth-order valence-electron chi connectivity index (χ4n) is 1.73. The van der Waals surface area contributed by atoms with Gasteiger partial charge in [-0.3, -0.25) is 5.10 Å². The van der Waals surface area contributed by atoms with Crippen LogP contribution in [-0.2, 0) is 11.2 Å². The van der Waals surface area contributed by atoms with Crippen molar-refractivity contribution in [1.29, 1.82) is 0 Å². The van der Waals surface area contributed by atoms with Gasteiger partial charge in [0.05, 0.1) is 5.97 Å². The van der Waals surface area contributed by atoms with Crippen LogP contribution in [0.15, 0.2) is 32.7 Å². The molecule has 0 aliphatic carbocycles. The maximum absolute atomic E-state index is 11.4. The summed E-state index contributed by atoms with van der Waals surface area (Å²) in [7, 11) is 0. The molecule has 0 saturated carbocycles. The first-order chi connectivity index (χ1) is 11.5. The first-order valence-electron chi connectivity index (χ1n) is 6.91. The first-order valence-corrected chi connectivity index (χ1v) is 8.52. The number of H-pyrrole nitrogens is 1. The van der Waals surface area contributed by atoms with Crippen molar-refractivity contribution in [1.82, 2.24) is 15.2 Å². The van der Waals surface area contributed by atoms with Gasteiger partial charge in [-0.25, -0.2) is 4.98 Å². The van der Waals surface area contributed by atoms with E-state index in [1.165, 1.54) is 6.08 Å². The van der Waals surface area contributed by atoms with Crippen LogP contribution in [0.1, 0.15) is 18.3 Å². The van der Waals surface area contributed by atoms with Crippen LogP contribution >= 0.6 is 27.7 Å². The number of carbonyl (C=O) groups excluding carboxylic acids is 1. The van der Waals surface area contributed by atoms with E-state index in [-0.39, 0.29) is 11.5 Å². The fourth-order valence-corrected chi connectivity index (χ4v) is 2.83. The standard InChI is InChI=1S/C16H14BrN3O3S/c1-3-7-23-12-6-5-11(17)8-10(12)9-13(15(21)22)24-16-18-14(4-2)19-20-16/h1,5-6,8-9H,4,7H2,2H3,(H,21,22)(H,18,19,20)/p-1/b13-9-. The number of nitrogens with one attached hydrogen (secondary N) is 1. The van der Waals surface area contributed by atoms with Crippen molar-refractivity contribution in [3.8, 4) is 18.1 Å². The third-order valence-corrected chi connectivity index (χ3v) is 4.18. The van der Waals surface area contributed by atoms with Crippen LogP contribution in [0.3, 0.4) is 0 Å². The average molecular weight is 407 g/mol. The van der Waals surface area contributed by atoms with E-state index < -0.39 is 5.97 Å². The van der Waals surface area contributed by atoms with E-state index in [0.29, 0.717) is 28.7 Å². The van der Waals surface area contributed by atoms with Gasteiger partial charge in [-0.05, 0) is 36.0 Å². The Labute approximate surface area is 151 Å². The Balaban J connectivity index is 2.34. The monoisotopic (exact) mass is 406 g/mol. The summed E-state index contributed by atoms with van der Waals surface area (Å²) in [5, 5.41) is 18.5. The lowest BCUT2D eigenvalue weighted by molar-refractivity contribution is -0.297. The number of carboxylic acids is 1. The van der Waals surface area contributed by atoms with Crippen molar-refractivity contribution in [2.45, 2.75) is 18.5 Å². The fraction of sp³-hybridized carbons (Fsp3) is 0.188. The van der Waals surface area contributed by atoms with E-state index in [1.54, 1.807) is 18.2 Å². The van der Waals surface area contributed by atoms with Crippen LogP contribution in [0.2, 0.25) is 0 Å². The highest BCUT2D eigenvalue weighted by Gasteiger charge is 2.10. The summed E-state index contributed by atoms with van der Waals surface area (Å²) in [5.74, 6) is 2.19. The SMILES string of the molecule is C#CCOc1ccc(Br)cc1/C=C(\Sc1n[nH]c(CC)n1)C(=O)[O-]. The number of aromatic nitrogens is 3. The largest absolute Gasteiger partial charge is 0.544 e. The van der Waals surface area contributed by atoms with Crippen LogP contribution < -0.4 is 9.84 Å². The number of hydrogen-bond donors (Lipinski definition) is 1. The van der Waals surface area contributed by atoms with Gasteiger partial charge in [-0.15, -0.1) is 11.5 Å². The smallest absolute Gasteiger partial charge is 0.213 e. The number of aryl methyl sites for hydroxylation is 1. The van der Waals surface area contributed by atoms with E-state index >= 15 is 0 Å². The molecular formula is C16H13BrN3O3S-. The number of hydrogen-bond acceptors (Lipinski definition) is 6. The molecule has 1 N–H and O–H groups in total. The zero-order valence-electron chi connectivity index (χ0n) is 12.7. The molecule has 2 aromatic rings. The predicted octanol–water partition coefficient (Wildman–Crippen LogP) is 2.02. The molecule has 0 aliphatic heterocycles. The molecule has 8 heteroatoms. The Hall–Kier alpha value is -2.24. The van der Waals surface area contributed by atoms with Crippen LogP contribution in [0.25, 0.3) is 6.08 Å². The molecule has 1 heterocycles. The third-order valence-electron chi connectivity index (χ3n) is 2.82. The maximum Gasteiger partial charge on any atom is 0.213 e. The highest BCUT2D eigenvalue weighted by atomic mass is 79.9. The average Bonchev–Trinajstić information content (AvgIpc) is 3.01. The lowest BCUT2D eigenvalue weighted by atomic mass is 10.2. The number of benzene rings is 1. The molecule has 0 amide bonds. The number of rotatable bonds is 7. The molecule has 0 saturated heterocycles. The number of carbonyl (C=O) groups is 1. The van der Waals surface area contributed by atoms with Crippen LogP contribution in [0.5, 0.6) is 5.75 Å². The number of aliphatic carboxylic acids is 1. The highest BCUT2D eigenvalue weighted by Crippen LogP contribution is 2.30. The zero-order chi connectivity index (χ0) is 17.5. The summed E-state index contributed by atoms with van der Waals surface area (Å²) in [6.45, 7) is 2.00. The minimum atomic E-state index is -1.33. The lowest BCUT2D eigenvalue weighted by Crippen LogP contribution is -2.23. The molecule has 0 bridgehead atoms. The van der Waals surface area contributed by atoms with Crippen molar-refractivity contribution in [3.63, 3.8) is 0 Å². The van der Waals surface area contributed by atoms with Gasteiger partial charge in [-0.2, -0.15) is 0 Å². The number of nitrogens with zero attached hydrogens (tertiary/aromatic N) is 2. The number of terminal acetylenes is 1. The Bertz CT molecular complexity index is 811. The quantitative estimate of drug-likeness (QED) is 0.429. The molecule has 0 unspecified atom stereocenters. The first kappa shape index (κ1) is 18.1. The molecule has 1 aromatic heterocycles. The van der Waals surface area contributed by atoms with Crippen molar-refractivity contribution in [2.24, 2.45) is 0 Å². The minimum Gasteiger partial charge on any atom is -0.544 e. The second-order valence-corrected chi connectivity index (χ2v) is 6.42. The van der Waals surface area contributed by atoms with Gasteiger partial charge in [0, 0.05) is 21.4 Å². The summed E-state index contributed by atoms with van der Waals surface area (Å²) < 4.78 is 6.21. The lowest BCUT2D eigenvalue weighted by Gasteiger charge is -2.10. The molecule has 6 nitrogen and oxygen atoms in total. The number of carboxylic acid groups (broad SMARTS) is 1. The van der Waals surface area contributed by atoms with E-state index in [4.69, 9.17) is 11.2 Å². The molecule has 0 atom stereocenters. The second-order valence-electron chi connectivity index (χ2n) is 4.49. The van der Waals surface area contributed by atoms with Crippen molar-refractivity contribution < 1.29 is 14.6 Å². The van der Waals surface area contributed by atoms with Gasteiger partial charge < -0.3 is 14.6 Å². The van der Waals surface area contributed by atoms with Gasteiger partial charge in [0.2, 0.25) is 5.16 Å². The topological polar surface area (TPSA) is 90.9 Å². The van der Waals surface area contributed by atoms with Crippen LogP contribution in [0, 0.1) is 12.3 Å². The number of halogens is 1. The molecule has 0 fully saturated rings.